The first-order valence-corrected chi connectivity index (χ1v) is 7.81. The number of pyridine rings is 1. The van der Waals surface area contributed by atoms with Crippen molar-refractivity contribution in [3.05, 3.63) is 34.6 Å². The van der Waals surface area contributed by atoms with Crippen molar-refractivity contribution in [2.45, 2.75) is 42.7 Å². The zero-order chi connectivity index (χ0) is 15.0. The quantitative estimate of drug-likeness (QED) is 0.944. The van der Waals surface area contributed by atoms with E-state index in [4.69, 9.17) is 0 Å². The predicted molar refractivity (Wildman–Crippen MR) is 79.9 cm³/mol. The lowest BCUT2D eigenvalue weighted by Gasteiger charge is -2.17. The predicted octanol–water partition coefficient (Wildman–Crippen LogP) is 2.85. The number of aromatic carboxylic acids is 1. The Kier molecular flexibility index (Phi) is 3.71. The molecule has 5 nitrogen and oxygen atoms in total. The molecule has 0 spiro atoms. The highest BCUT2D eigenvalue weighted by Gasteiger charge is 2.20. The zero-order valence-corrected chi connectivity index (χ0v) is 12.9. The highest BCUT2D eigenvalue weighted by atomic mass is 32.2. The summed E-state index contributed by atoms with van der Waals surface area (Å²) in [6, 6.07) is 3.74. The van der Waals surface area contributed by atoms with Crippen molar-refractivity contribution >= 4 is 17.7 Å². The number of fused-ring (bicyclic) bond motifs is 1. The Labute approximate surface area is 127 Å². The van der Waals surface area contributed by atoms with Crippen LogP contribution in [0.3, 0.4) is 0 Å². The third kappa shape index (κ3) is 2.81. The molecule has 0 atom stereocenters. The van der Waals surface area contributed by atoms with Crippen LogP contribution in [0.25, 0.3) is 0 Å². The van der Waals surface area contributed by atoms with E-state index < -0.39 is 5.97 Å². The average molecular weight is 303 g/mol. The van der Waals surface area contributed by atoms with Gasteiger partial charge < -0.3 is 5.11 Å². The van der Waals surface area contributed by atoms with Gasteiger partial charge in [0.2, 0.25) is 0 Å². The van der Waals surface area contributed by atoms with Crippen LogP contribution in [0.5, 0.6) is 0 Å². The van der Waals surface area contributed by atoms with Crippen LogP contribution in [0, 0.1) is 6.92 Å². The Balaban J connectivity index is 2.03. The van der Waals surface area contributed by atoms with E-state index in [1.54, 1.807) is 10.7 Å². The van der Waals surface area contributed by atoms with Gasteiger partial charge in [-0.05, 0) is 62.1 Å². The first kappa shape index (κ1) is 14.1. The number of nitrogens with zero attached hydrogens (tertiary/aromatic N) is 3. The molecule has 0 radical (unpaired) electrons. The lowest BCUT2D eigenvalue weighted by molar-refractivity contribution is 0.0692. The summed E-state index contributed by atoms with van der Waals surface area (Å²) in [6.45, 7) is 1.92. The van der Waals surface area contributed by atoms with Crippen LogP contribution in [0.1, 0.15) is 40.2 Å². The van der Waals surface area contributed by atoms with Crippen molar-refractivity contribution in [2.75, 3.05) is 0 Å². The summed E-state index contributed by atoms with van der Waals surface area (Å²) in [5.41, 5.74) is 3.34. The first-order chi connectivity index (χ1) is 10.0. The van der Waals surface area contributed by atoms with E-state index in [9.17, 15) is 9.90 Å². The SMILES string of the molecule is Cc1cc(Sc2nc3c(cc2C(=O)O)CCCC3)n(C)n1. The second-order valence-electron chi connectivity index (χ2n) is 5.31. The third-order valence-corrected chi connectivity index (χ3v) is 4.75. The van der Waals surface area contributed by atoms with Gasteiger partial charge >= 0.3 is 5.97 Å². The van der Waals surface area contributed by atoms with Gasteiger partial charge in [0.1, 0.15) is 10.1 Å². The number of carbonyl (C=O) groups is 1. The minimum absolute atomic E-state index is 0.291. The summed E-state index contributed by atoms with van der Waals surface area (Å²) >= 11 is 1.37. The lowest BCUT2D eigenvalue weighted by Crippen LogP contribution is -2.11. The van der Waals surface area contributed by atoms with E-state index in [1.807, 2.05) is 20.0 Å². The third-order valence-electron chi connectivity index (χ3n) is 3.66. The Morgan fingerprint density at radius 2 is 2.10 bits per heavy atom. The summed E-state index contributed by atoms with van der Waals surface area (Å²) in [6.07, 6.45) is 4.11. The van der Waals surface area contributed by atoms with E-state index in [2.05, 4.69) is 10.1 Å². The molecule has 3 rings (SSSR count). The lowest BCUT2D eigenvalue weighted by atomic mass is 9.95. The van der Waals surface area contributed by atoms with Crippen LogP contribution >= 0.6 is 11.8 Å². The highest BCUT2D eigenvalue weighted by Crippen LogP contribution is 2.32. The maximum absolute atomic E-state index is 11.5. The van der Waals surface area contributed by atoms with Crippen LogP contribution in [-0.4, -0.2) is 25.8 Å². The topological polar surface area (TPSA) is 68.0 Å². The molecule has 1 aliphatic carbocycles. The molecule has 1 aliphatic rings. The highest BCUT2D eigenvalue weighted by molar-refractivity contribution is 7.99. The van der Waals surface area contributed by atoms with Crippen LogP contribution < -0.4 is 0 Å². The molecule has 0 fully saturated rings. The maximum Gasteiger partial charge on any atom is 0.338 e. The van der Waals surface area contributed by atoms with E-state index >= 15 is 0 Å². The van der Waals surface area contributed by atoms with Gasteiger partial charge in [-0.3, -0.25) is 4.68 Å². The summed E-state index contributed by atoms with van der Waals surface area (Å²) in [4.78, 5) is 16.1. The molecule has 2 heterocycles. The normalized spacial score (nSPS) is 14.0. The van der Waals surface area contributed by atoms with Crippen LogP contribution in [0.2, 0.25) is 0 Å². The fourth-order valence-corrected chi connectivity index (χ4v) is 3.64. The van der Waals surface area contributed by atoms with Crippen molar-refractivity contribution in [3.8, 4) is 0 Å². The van der Waals surface area contributed by atoms with Crippen LogP contribution in [-0.2, 0) is 19.9 Å². The van der Waals surface area contributed by atoms with Gasteiger partial charge in [-0.15, -0.1) is 0 Å². The number of carboxylic acid groups (broad SMARTS) is 1. The van der Waals surface area contributed by atoms with Gasteiger partial charge in [0.05, 0.1) is 11.3 Å². The second-order valence-corrected chi connectivity index (χ2v) is 6.32. The standard InChI is InChI=1S/C15H17N3O2S/c1-9-7-13(18(2)17-9)21-14-11(15(19)20)8-10-5-3-4-6-12(10)16-14/h7-8H,3-6H2,1-2H3,(H,19,20). The van der Waals surface area contributed by atoms with E-state index in [0.717, 1.165) is 47.7 Å². The van der Waals surface area contributed by atoms with Crippen LogP contribution in [0.15, 0.2) is 22.2 Å². The molecular weight excluding hydrogens is 286 g/mol. The largest absolute Gasteiger partial charge is 0.478 e. The molecule has 0 amide bonds. The molecule has 6 heteroatoms. The summed E-state index contributed by atoms with van der Waals surface area (Å²) in [5, 5.41) is 15.2. The molecule has 110 valence electrons. The Bertz CT molecular complexity index is 709. The molecule has 0 bridgehead atoms. The zero-order valence-electron chi connectivity index (χ0n) is 12.1. The first-order valence-electron chi connectivity index (χ1n) is 6.99. The van der Waals surface area contributed by atoms with Gasteiger partial charge in [-0.25, -0.2) is 9.78 Å². The number of hydrogen-bond acceptors (Lipinski definition) is 4. The average Bonchev–Trinajstić information content (AvgIpc) is 2.76. The molecule has 21 heavy (non-hydrogen) atoms. The Morgan fingerprint density at radius 3 is 2.76 bits per heavy atom. The van der Waals surface area contributed by atoms with Gasteiger partial charge in [0, 0.05) is 12.7 Å². The van der Waals surface area contributed by atoms with E-state index in [1.165, 1.54) is 11.8 Å². The van der Waals surface area contributed by atoms with E-state index in [0.29, 0.717) is 10.6 Å². The van der Waals surface area contributed by atoms with Crippen molar-refractivity contribution in [2.24, 2.45) is 7.05 Å². The molecule has 2 aromatic heterocycles. The van der Waals surface area contributed by atoms with Gasteiger partial charge in [0.25, 0.3) is 0 Å². The molecular formula is C15H17N3O2S. The van der Waals surface area contributed by atoms with Crippen molar-refractivity contribution in [1.29, 1.82) is 0 Å². The van der Waals surface area contributed by atoms with Crippen molar-refractivity contribution < 1.29 is 9.90 Å². The molecule has 0 aromatic carbocycles. The second kappa shape index (κ2) is 5.52. The van der Waals surface area contributed by atoms with Gasteiger partial charge in [0.15, 0.2) is 0 Å². The minimum Gasteiger partial charge on any atom is -0.478 e. The number of carboxylic acids is 1. The Morgan fingerprint density at radius 1 is 1.33 bits per heavy atom. The van der Waals surface area contributed by atoms with Gasteiger partial charge in [-0.1, -0.05) is 0 Å². The Hall–Kier alpha value is -1.82. The molecule has 0 saturated carbocycles. The monoisotopic (exact) mass is 303 g/mol. The van der Waals surface area contributed by atoms with E-state index in [-0.39, 0.29) is 0 Å². The molecule has 2 aromatic rings. The minimum atomic E-state index is -0.919. The summed E-state index contributed by atoms with van der Waals surface area (Å²) < 4.78 is 1.76. The van der Waals surface area contributed by atoms with Crippen molar-refractivity contribution in [3.63, 3.8) is 0 Å². The summed E-state index contributed by atoms with van der Waals surface area (Å²) in [5.74, 6) is -0.919. The van der Waals surface area contributed by atoms with Crippen molar-refractivity contribution in [1.82, 2.24) is 14.8 Å². The maximum atomic E-state index is 11.5. The fraction of sp³-hybridized carbons (Fsp3) is 0.400. The smallest absolute Gasteiger partial charge is 0.338 e. The number of hydrogen-bond donors (Lipinski definition) is 1. The van der Waals surface area contributed by atoms with Gasteiger partial charge in [-0.2, -0.15) is 5.10 Å². The van der Waals surface area contributed by atoms with Crippen LogP contribution in [0.4, 0.5) is 0 Å². The molecule has 0 aliphatic heterocycles. The fourth-order valence-electron chi connectivity index (χ4n) is 2.63. The molecule has 0 saturated heterocycles. The number of aryl methyl sites for hydroxylation is 4. The number of rotatable bonds is 3. The number of aromatic nitrogens is 3. The molecule has 1 N–H and O–H groups in total. The molecule has 0 unspecified atom stereocenters. The summed E-state index contributed by atoms with van der Waals surface area (Å²) in [7, 11) is 1.86.